The Hall–Kier alpha value is -3.35. The molecule has 1 fully saturated rings. The summed E-state index contributed by atoms with van der Waals surface area (Å²) in [4.78, 5) is 14.8. The van der Waals surface area contributed by atoms with Crippen LogP contribution in [-0.4, -0.2) is 30.8 Å². The first-order chi connectivity index (χ1) is 14.5. The minimum absolute atomic E-state index is 0.0859. The number of aryl methyl sites for hydroxylation is 2. The van der Waals surface area contributed by atoms with Gasteiger partial charge >= 0.3 is 0 Å². The summed E-state index contributed by atoms with van der Waals surface area (Å²) in [6.45, 7) is 4.97. The fraction of sp³-hybridized carbons (Fsp3) is 0.304. The molecule has 152 valence electrons. The van der Waals surface area contributed by atoms with E-state index in [1.165, 1.54) is 23.3 Å². The van der Waals surface area contributed by atoms with Crippen LogP contribution in [0.2, 0.25) is 0 Å². The van der Waals surface area contributed by atoms with Gasteiger partial charge in [-0.1, -0.05) is 12.1 Å². The first-order valence-electron chi connectivity index (χ1n) is 10.1. The van der Waals surface area contributed by atoms with Crippen LogP contribution >= 0.6 is 0 Å². The lowest BCUT2D eigenvalue weighted by Crippen LogP contribution is -2.31. The summed E-state index contributed by atoms with van der Waals surface area (Å²) < 4.78 is 15.1. The third-order valence-corrected chi connectivity index (χ3v) is 5.84. The molecular weight excluding hydrogens is 381 g/mol. The van der Waals surface area contributed by atoms with Crippen molar-refractivity contribution in [2.24, 2.45) is 5.92 Å². The highest BCUT2D eigenvalue weighted by atomic mass is 19.1. The molecule has 0 spiro atoms. The summed E-state index contributed by atoms with van der Waals surface area (Å²) in [6.07, 6.45) is 1.85. The minimum Gasteiger partial charge on any atom is -0.334 e. The van der Waals surface area contributed by atoms with E-state index in [9.17, 15) is 9.18 Å². The van der Waals surface area contributed by atoms with Crippen LogP contribution < -0.4 is 0 Å². The van der Waals surface area contributed by atoms with Gasteiger partial charge in [-0.15, -0.1) is 5.10 Å². The van der Waals surface area contributed by atoms with Crippen LogP contribution in [0.25, 0.3) is 16.6 Å². The SMILES string of the molecule is Cc1cc2cc(CN(Cc3ccc(F)cc3)C(=O)C3CC3)c3nnnn3c2cc1C. The number of hydrogen-bond donors (Lipinski definition) is 0. The molecule has 2 aromatic heterocycles. The molecule has 1 amide bonds. The van der Waals surface area contributed by atoms with Gasteiger partial charge in [-0.05, 0) is 84.1 Å². The highest BCUT2D eigenvalue weighted by Crippen LogP contribution is 2.33. The Morgan fingerprint density at radius 3 is 2.57 bits per heavy atom. The van der Waals surface area contributed by atoms with Crippen molar-refractivity contribution in [3.05, 3.63) is 70.5 Å². The number of tetrazole rings is 1. The maximum atomic E-state index is 13.3. The van der Waals surface area contributed by atoms with Crippen molar-refractivity contribution in [1.29, 1.82) is 0 Å². The largest absolute Gasteiger partial charge is 0.334 e. The van der Waals surface area contributed by atoms with Gasteiger partial charge in [0.2, 0.25) is 5.91 Å². The van der Waals surface area contributed by atoms with Crippen LogP contribution in [0.5, 0.6) is 0 Å². The fourth-order valence-corrected chi connectivity index (χ4v) is 3.86. The van der Waals surface area contributed by atoms with E-state index >= 15 is 0 Å². The van der Waals surface area contributed by atoms with E-state index < -0.39 is 0 Å². The highest BCUT2D eigenvalue weighted by molar-refractivity contribution is 5.85. The van der Waals surface area contributed by atoms with E-state index in [1.807, 2.05) is 4.90 Å². The van der Waals surface area contributed by atoms with Gasteiger partial charge in [-0.2, -0.15) is 4.52 Å². The Labute approximate surface area is 173 Å². The van der Waals surface area contributed by atoms with E-state index in [4.69, 9.17) is 0 Å². The van der Waals surface area contributed by atoms with Gasteiger partial charge in [0.05, 0.1) is 5.52 Å². The molecule has 1 saturated carbocycles. The summed E-state index contributed by atoms with van der Waals surface area (Å²) in [5, 5.41) is 13.3. The van der Waals surface area contributed by atoms with Crippen molar-refractivity contribution in [3.63, 3.8) is 0 Å². The van der Waals surface area contributed by atoms with Gasteiger partial charge in [-0.25, -0.2) is 4.39 Å². The predicted octanol–water partition coefficient (Wildman–Crippen LogP) is 3.97. The Balaban J connectivity index is 1.56. The second kappa shape index (κ2) is 7.16. The third-order valence-electron chi connectivity index (χ3n) is 5.84. The summed E-state index contributed by atoms with van der Waals surface area (Å²) in [5.74, 6) is -0.0665. The Bertz CT molecular complexity index is 1260. The minimum atomic E-state index is -0.282. The van der Waals surface area contributed by atoms with Crippen LogP contribution in [0.4, 0.5) is 4.39 Å². The number of pyridine rings is 1. The van der Waals surface area contributed by atoms with E-state index in [2.05, 4.69) is 47.6 Å². The van der Waals surface area contributed by atoms with Gasteiger partial charge in [0.25, 0.3) is 0 Å². The molecule has 0 unspecified atom stereocenters. The molecule has 30 heavy (non-hydrogen) atoms. The number of benzene rings is 2. The van der Waals surface area contributed by atoms with Crippen molar-refractivity contribution in [3.8, 4) is 0 Å². The van der Waals surface area contributed by atoms with Gasteiger partial charge in [0.1, 0.15) is 5.82 Å². The molecule has 2 heterocycles. The number of aromatic nitrogens is 4. The van der Waals surface area contributed by atoms with Gasteiger partial charge < -0.3 is 4.90 Å². The van der Waals surface area contributed by atoms with Gasteiger partial charge in [0, 0.05) is 30.0 Å². The van der Waals surface area contributed by atoms with Crippen molar-refractivity contribution >= 4 is 22.5 Å². The average Bonchev–Trinajstić information content (AvgIpc) is 3.46. The smallest absolute Gasteiger partial charge is 0.226 e. The molecule has 1 aliphatic carbocycles. The molecular formula is C23H22FN5O. The Morgan fingerprint density at radius 2 is 1.83 bits per heavy atom. The second-order valence-corrected chi connectivity index (χ2v) is 8.17. The lowest BCUT2D eigenvalue weighted by molar-refractivity contribution is -0.133. The van der Waals surface area contributed by atoms with Crippen LogP contribution in [0.15, 0.2) is 42.5 Å². The lowest BCUT2D eigenvalue weighted by atomic mass is 10.0. The van der Waals surface area contributed by atoms with Crippen molar-refractivity contribution < 1.29 is 9.18 Å². The molecule has 0 bridgehead atoms. The van der Waals surface area contributed by atoms with Crippen molar-refractivity contribution in [1.82, 2.24) is 24.9 Å². The number of hydrogen-bond acceptors (Lipinski definition) is 4. The number of carbonyl (C=O) groups excluding carboxylic acids is 1. The van der Waals surface area contributed by atoms with Gasteiger partial charge in [-0.3, -0.25) is 4.79 Å². The third kappa shape index (κ3) is 3.40. The van der Waals surface area contributed by atoms with E-state index in [0.29, 0.717) is 18.7 Å². The number of rotatable bonds is 5. The molecule has 0 saturated heterocycles. The molecule has 0 aliphatic heterocycles. The number of nitrogens with zero attached hydrogens (tertiary/aromatic N) is 5. The van der Waals surface area contributed by atoms with Crippen molar-refractivity contribution in [2.75, 3.05) is 0 Å². The lowest BCUT2D eigenvalue weighted by Gasteiger charge is -2.23. The number of halogens is 1. The van der Waals surface area contributed by atoms with Crippen LogP contribution in [0, 0.1) is 25.6 Å². The maximum Gasteiger partial charge on any atom is 0.226 e. The zero-order chi connectivity index (χ0) is 20.8. The molecule has 4 aromatic rings. The summed E-state index contributed by atoms with van der Waals surface area (Å²) in [7, 11) is 0. The zero-order valence-corrected chi connectivity index (χ0v) is 17.0. The summed E-state index contributed by atoms with van der Waals surface area (Å²) >= 11 is 0. The second-order valence-electron chi connectivity index (χ2n) is 8.17. The van der Waals surface area contributed by atoms with Crippen molar-refractivity contribution in [2.45, 2.75) is 39.8 Å². The van der Waals surface area contributed by atoms with Crippen LogP contribution in [0.1, 0.15) is 35.1 Å². The Kier molecular flexibility index (Phi) is 4.46. The first kappa shape index (κ1) is 18.7. The highest BCUT2D eigenvalue weighted by Gasteiger charge is 2.33. The normalized spacial score (nSPS) is 13.8. The van der Waals surface area contributed by atoms with E-state index in [-0.39, 0.29) is 17.6 Å². The molecule has 5 rings (SSSR count). The molecule has 1 aliphatic rings. The molecule has 0 atom stereocenters. The topological polar surface area (TPSA) is 63.4 Å². The monoisotopic (exact) mass is 403 g/mol. The fourth-order valence-electron chi connectivity index (χ4n) is 3.86. The quantitative estimate of drug-likeness (QED) is 0.506. The Morgan fingerprint density at radius 1 is 1.10 bits per heavy atom. The van der Waals surface area contributed by atoms with Crippen LogP contribution in [0.3, 0.4) is 0 Å². The molecule has 0 radical (unpaired) electrons. The first-order valence-corrected chi connectivity index (χ1v) is 10.1. The maximum absolute atomic E-state index is 13.3. The molecule has 6 nitrogen and oxygen atoms in total. The van der Waals surface area contributed by atoms with E-state index in [0.717, 1.165) is 34.9 Å². The van der Waals surface area contributed by atoms with Crippen LogP contribution in [-0.2, 0) is 17.9 Å². The zero-order valence-electron chi connectivity index (χ0n) is 17.0. The summed E-state index contributed by atoms with van der Waals surface area (Å²) in [5.41, 5.74) is 5.76. The number of amides is 1. The summed E-state index contributed by atoms with van der Waals surface area (Å²) in [6, 6.07) is 12.6. The number of carbonyl (C=O) groups is 1. The average molecular weight is 403 g/mol. The van der Waals surface area contributed by atoms with Gasteiger partial charge in [0.15, 0.2) is 5.65 Å². The molecule has 7 heteroatoms. The molecule has 0 N–H and O–H groups in total. The molecule has 2 aromatic carbocycles. The van der Waals surface area contributed by atoms with E-state index in [1.54, 1.807) is 16.6 Å². The standard InChI is InChI=1S/C23H22FN5O/c1-14-9-18-11-19(22-25-26-27-29(22)21(18)10-15(14)2)13-28(23(30)17-5-6-17)12-16-3-7-20(24)8-4-16/h3-4,7-11,17H,5-6,12-13H2,1-2H3. The number of fused-ring (bicyclic) bond motifs is 3. The predicted molar refractivity (Wildman–Crippen MR) is 111 cm³/mol.